The fourth-order valence-electron chi connectivity index (χ4n) is 3.19. The van der Waals surface area contributed by atoms with Crippen molar-refractivity contribution in [3.8, 4) is 0 Å². The molecule has 3 atom stereocenters. The number of aromatic nitrogens is 2. The number of benzene rings is 1. The van der Waals surface area contributed by atoms with Gasteiger partial charge in [-0.25, -0.2) is 4.79 Å². The van der Waals surface area contributed by atoms with Gasteiger partial charge in [-0.2, -0.15) is 0 Å². The Hall–Kier alpha value is -1.96. The van der Waals surface area contributed by atoms with E-state index in [0.29, 0.717) is 18.4 Å². The van der Waals surface area contributed by atoms with E-state index in [2.05, 4.69) is 15.9 Å². The Bertz CT molecular complexity index is 904. The highest BCUT2D eigenvalue weighted by atomic mass is 79.9. The highest BCUT2D eigenvalue weighted by molar-refractivity contribution is 9.11. The Morgan fingerprint density at radius 2 is 2.04 bits per heavy atom. The van der Waals surface area contributed by atoms with Gasteiger partial charge >= 0.3 is 5.69 Å². The summed E-state index contributed by atoms with van der Waals surface area (Å²) in [4.78, 5) is 27.3. The first-order chi connectivity index (χ1) is 12.5. The Labute approximate surface area is 159 Å². The number of rotatable bonds is 5. The number of hydrogen-bond acceptors (Lipinski definition) is 4. The lowest BCUT2D eigenvalue weighted by atomic mass is 10.1. The number of halogens is 1. The summed E-state index contributed by atoms with van der Waals surface area (Å²) in [5.74, 6) is 0. The lowest BCUT2D eigenvalue weighted by Crippen LogP contribution is -2.42. The van der Waals surface area contributed by atoms with Crippen molar-refractivity contribution in [1.82, 2.24) is 9.13 Å². The first kappa shape index (κ1) is 18.8. The van der Waals surface area contributed by atoms with Gasteiger partial charge in [0.1, 0.15) is 6.23 Å². The summed E-state index contributed by atoms with van der Waals surface area (Å²) < 4.78 is 8.44. The van der Waals surface area contributed by atoms with Crippen molar-refractivity contribution in [2.45, 2.75) is 44.7 Å². The quantitative estimate of drug-likeness (QED) is 0.805. The number of ether oxygens (including phenoxy) is 1. The maximum Gasteiger partial charge on any atom is 0.333 e. The van der Waals surface area contributed by atoms with Gasteiger partial charge in [0, 0.05) is 12.6 Å². The molecule has 1 aromatic carbocycles. The van der Waals surface area contributed by atoms with Gasteiger partial charge in [-0.3, -0.25) is 13.9 Å². The van der Waals surface area contributed by atoms with Crippen molar-refractivity contribution in [3.63, 3.8) is 0 Å². The van der Waals surface area contributed by atoms with Crippen molar-refractivity contribution >= 4 is 22.0 Å². The van der Waals surface area contributed by atoms with Crippen LogP contribution in [0.1, 0.15) is 37.1 Å². The van der Waals surface area contributed by atoms with Crippen LogP contribution in [0.4, 0.5) is 0 Å². The van der Waals surface area contributed by atoms with Crippen LogP contribution < -0.4 is 11.2 Å². The summed E-state index contributed by atoms with van der Waals surface area (Å²) >= 11 is 3.18. The molecule has 1 saturated heterocycles. The van der Waals surface area contributed by atoms with E-state index >= 15 is 0 Å². The van der Waals surface area contributed by atoms with Crippen LogP contribution >= 0.6 is 15.9 Å². The first-order valence-electron chi connectivity index (χ1n) is 8.55. The monoisotopic (exact) mass is 420 g/mol. The molecule has 138 valence electrons. The predicted octanol–water partition coefficient (Wildman–Crippen LogP) is 2.48. The first-order valence-corrected chi connectivity index (χ1v) is 9.47. The van der Waals surface area contributed by atoms with Gasteiger partial charge in [0.05, 0.1) is 24.3 Å². The normalized spacial score (nSPS) is 23.0. The van der Waals surface area contributed by atoms with E-state index < -0.39 is 18.0 Å². The topological polar surface area (TPSA) is 73.5 Å². The molecule has 7 heteroatoms. The zero-order valence-corrected chi connectivity index (χ0v) is 16.0. The zero-order chi connectivity index (χ0) is 18.7. The lowest BCUT2D eigenvalue weighted by molar-refractivity contribution is -0.0223. The second-order valence-corrected chi connectivity index (χ2v) is 6.81. The molecular formula is C19H21BrN2O4. The fraction of sp³-hybridized carbons (Fsp3) is 0.368. The summed E-state index contributed by atoms with van der Waals surface area (Å²) in [6, 6.07) is 9.35. The van der Waals surface area contributed by atoms with E-state index in [4.69, 9.17) is 4.74 Å². The molecule has 1 aliphatic rings. The largest absolute Gasteiger partial charge is 0.390 e. The molecular weight excluding hydrogens is 400 g/mol. The standard InChI is InChI=1S/C19H21BrN2O4/c1-2-16-15(23)10-17(26-16)21-12-14(8-9-20)18(24)22(19(21)25)11-13-6-4-3-5-7-13/h3-9,12,15-17,23H,2,10-11H2,1H3/b9-8+/t15?,16-,17-/m0/s1. The maximum atomic E-state index is 13.0. The van der Waals surface area contributed by atoms with Gasteiger partial charge in [-0.15, -0.1) is 0 Å². The van der Waals surface area contributed by atoms with Crippen molar-refractivity contribution in [2.24, 2.45) is 0 Å². The number of nitrogens with zero attached hydrogens (tertiary/aromatic N) is 2. The van der Waals surface area contributed by atoms with Crippen LogP contribution in [-0.4, -0.2) is 26.4 Å². The molecule has 0 amide bonds. The van der Waals surface area contributed by atoms with Crippen LogP contribution in [0, 0.1) is 0 Å². The summed E-state index contributed by atoms with van der Waals surface area (Å²) in [6.07, 6.45) is 2.55. The van der Waals surface area contributed by atoms with Gasteiger partial charge in [-0.05, 0) is 23.0 Å². The molecule has 0 aliphatic carbocycles. The van der Waals surface area contributed by atoms with Crippen molar-refractivity contribution in [2.75, 3.05) is 0 Å². The molecule has 0 bridgehead atoms. The summed E-state index contributed by atoms with van der Waals surface area (Å²) in [5.41, 5.74) is 0.420. The molecule has 0 spiro atoms. The highest BCUT2D eigenvalue weighted by Crippen LogP contribution is 2.29. The third-order valence-electron chi connectivity index (χ3n) is 4.56. The molecule has 0 saturated carbocycles. The molecule has 6 nitrogen and oxygen atoms in total. The molecule has 1 aromatic heterocycles. The Balaban J connectivity index is 2.08. The van der Waals surface area contributed by atoms with Crippen LogP contribution in [0.2, 0.25) is 0 Å². The molecule has 1 N–H and O–H groups in total. The molecule has 2 aromatic rings. The smallest absolute Gasteiger partial charge is 0.333 e. The number of aliphatic hydroxyl groups excluding tert-OH is 1. The summed E-state index contributed by atoms with van der Waals surface area (Å²) in [7, 11) is 0. The Morgan fingerprint density at radius 1 is 1.31 bits per heavy atom. The highest BCUT2D eigenvalue weighted by Gasteiger charge is 2.34. The summed E-state index contributed by atoms with van der Waals surface area (Å²) in [5, 5.41) is 10.1. The molecule has 1 fully saturated rings. The number of aliphatic hydroxyl groups is 1. The second kappa shape index (κ2) is 8.16. The lowest BCUT2D eigenvalue weighted by Gasteiger charge is -2.18. The van der Waals surface area contributed by atoms with E-state index in [-0.39, 0.29) is 18.2 Å². The Kier molecular flexibility index (Phi) is 5.90. The van der Waals surface area contributed by atoms with Gasteiger partial charge < -0.3 is 9.84 Å². The average molecular weight is 421 g/mol. The van der Waals surface area contributed by atoms with Crippen LogP contribution in [0.5, 0.6) is 0 Å². The summed E-state index contributed by atoms with van der Waals surface area (Å²) in [6.45, 7) is 2.10. The average Bonchev–Trinajstić information content (AvgIpc) is 3.02. The Morgan fingerprint density at radius 3 is 2.65 bits per heavy atom. The second-order valence-electron chi connectivity index (χ2n) is 6.28. The molecule has 0 radical (unpaired) electrons. The minimum Gasteiger partial charge on any atom is -0.390 e. The third kappa shape index (κ3) is 3.75. The minimum atomic E-state index is -0.624. The van der Waals surface area contributed by atoms with Crippen molar-refractivity contribution < 1.29 is 9.84 Å². The van der Waals surface area contributed by atoms with Gasteiger partial charge in [0.25, 0.3) is 5.56 Å². The minimum absolute atomic E-state index is 0.176. The maximum absolute atomic E-state index is 13.0. The van der Waals surface area contributed by atoms with E-state index in [1.807, 2.05) is 37.3 Å². The van der Waals surface area contributed by atoms with E-state index in [9.17, 15) is 14.7 Å². The van der Waals surface area contributed by atoms with E-state index in [0.717, 1.165) is 5.56 Å². The van der Waals surface area contributed by atoms with Gasteiger partial charge in [0.2, 0.25) is 0 Å². The predicted molar refractivity (Wildman–Crippen MR) is 103 cm³/mol. The molecule has 2 heterocycles. The van der Waals surface area contributed by atoms with Crippen LogP contribution in [0.25, 0.3) is 6.08 Å². The van der Waals surface area contributed by atoms with Crippen LogP contribution in [0.3, 0.4) is 0 Å². The number of hydrogen-bond donors (Lipinski definition) is 1. The van der Waals surface area contributed by atoms with Crippen LogP contribution in [0.15, 0.2) is 51.1 Å². The van der Waals surface area contributed by atoms with Crippen LogP contribution in [-0.2, 0) is 11.3 Å². The van der Waals surface area contributed by atoms with E-state index in [1.54, 1.807) is 11.1 Å². The van der Waals surface area contributed by atoms with Gasteiger partial charge in [0.15, 0.2) is 0 Å². The van der Waals surface area contributed by atoms with Gasteiger partial charge in [-0.1, -0.05) is 53.2 Å². The fourth-order valence-corrected chi connectivity index (χ4v) is 3.47. The van der Waals surface area contributed by atoms with Crippen molar-refractivity contribution in [1.29, 1.82) is 0 Å². The molecule has 1 unspecified atom stereocenters. The zero-order valence-electron chi connectivity index (χ0n) is 14.4. The third-order valence-corrected chi connectivity index (χ3v) is 4.83. The molecule has 1 aliphatic heterocycles. The SMILES string of the molecule is CC[C@@H]1O[C@H](n2cc(/C=C/Br)c(=O)n(Cc3ccccc3)c2=O)CC1O. The van der Waals surface area contributed by atoms with Crippen molar-refractivity contribution in [3.05, 3.63) is 73.5 Å². The molecule has 26 heavy (non-hydrogen) atoms. The molecule has 3 rings (SSSR count). The van der Waals surface area contributed by atoms with E-state index in [1.165, 1.54) is 15.3 Å².